The second kappa shape index (κ2) is 10.9. The lowest BCUT2D eigenvalue weighted by Gasteiger charge is -2.28. The summed E-state index contributed by atoms with van der Waals surface area (Å²) >= 11 is 0. The van der Waals surface area contributed by atoms with Crippen molar-refractivity contribution in [1.82, 2.24) is 14.8 Å². The summed E-state index contributed by atoms with van der Waals surface area (Å²) in [6, 6.07) is 19.0. The van der Waals surface area contributed by atoms with Gasteiger partial charge in [-0.2, -0.15) is 0 Å². The Kier molecular flexibility index (Phi) is 7.64. The smallest absolute Gasteiger partial charge is 0.265 e. The van der Waals surface area contributed by atoms with Crippen molar-refractivity contribution in [2.75, 3.05) is 13.7 Å². The minimum absolute atomic E-state index is 0.213. The minimum atomic E-state index is -4.43. The molecule has 0 unspecified atom stereocenters. The summed E-state index contributed by atoms with van der Waals surface area (Å²) in [6.07, 6.45) is -0.347. The summed E-state index contributed by atoms with van der Waals surface area (Å²) in [6.45, 7) is -0.302. The molecule has 3 aromatic carbocycles. The van der Waals surface area contributed by atoms with Crippen LogP contribution in [0.1, 0.15) is 27.1 Å². The highest BCUT2D eigenvalue weighted by Crippen LogP contribution is 2.27. The Labute approximate surface area is 212 Å². The molecule has 0 bridgehead atoms. The lowest BCUT2D eigenvalue weighted by atomic mass is 10.1. The van der Waals surface area contributed by atoms with Crippen LogP contribution in [0.2, 0.25) is 0 Å². The van der Waals surface area contributed by atoms with Crippen LogP contribution in [0.25, 0.3) is 0 Å². The van der Waals surface area contributed by atoms with Crippen LogP contribution in [0.3, 0.4) is 0 Å². The molecular formula is C25H23N3O8S. The Morgan fingerprint density at radius 1 is 0.919 bits per heavy atom. The summed E-state index contributed by atoms with van der Waals surface area (Å²) in [7, 11) is -3.38. The maximum Gasteiger partial charge on any atom is 0.265 e. The van der Waals surface area contributed by atoms with E-state index in [0.29, 0.717) is 16.0 Å². The van der Waals surface area contributed by atoms with Gasteiger partial charge in [-0.25, -0.2) is 13.9 Å². The first-order valence-electron chi connectivity index (χ1n) is 11.1. The number of benzene rings is 3. The first-order chi connectivity index (χ1) is 17.8. The van der Waals surface area contributed by atoms with Crippen molar-refractivity contribution in [3.63, 3.8) is 0 Å². The van der Waals surface area contributed by atoms with E-state index in [2.05, 4.69) is 0 Å². The Bertz CT molecular complexity index is 1380. The van der Waals surface area contributed by atoms with E-state index in [1.807, 2.05) is 6.07 Å². The molecule has 1 atom stereocenters. The molecule has 4 rings (SSSR count). The van der Waals surface area contributed by atoms with Gasteiger partial charge in [-0.1, -0.05) is 34.8 Å². The number of imide groups is 1. The zero-order chi connectivity index (χ0) is 26.6. The maximum atomic E-state index is 13.3. The van der Waals surface area contributed by atoms with Crippen LogP contribution in [0.5, 0.6) is 11.5 Å². The maximum absolute atomic E-state index is 13.3. The number of sulfonamides is 1. The number of nitrogens with zero attached hydrogens (tertiary/aromatic N) is 2. The number of ether oxygens (including phenoxy) is 1. The van der Waals surface area contributed by atoms with E-state index in [-0.39, 0.29) is 29.0 Å². The minimum Gasteiger partial charge on any atom is -0.457 e. The molecule has 3 aromatic rings. The molecule has 37 heavy (non-hydrogen) atoms. The SMILES string of the molecule is CON([C@H](CCN1C(=O)c2ccccc2C1=O)C(=O)NO)S(=O)(=O)c1ccc(Oc2ccccc2)cc1. The molecule has 1 aliphatic heterocycles. The monoisotopic (exact) mass is 525 g/mol. The average Bonchev–Trinajstić information content (AvgIpc) is 3.16. The zero-order valence-electron chi connectivity index (χ0n) is 19.6. The van der Waals surface area contributed by atoms with Crippen molar-refractivity contribution in [2.24, 2.45) is 0 Å². The van der Waals surface area contributed by atoms with Crippen LogP contribution in [-0.2, 0) is 19.7 Å². The van der Waals surface area contributed by atoms with Gasteiger partial charge in [-0.05, 0) is 55.0 Å². The third kappa shape index (κ3) is 5.22. The van der Waals surface area contributed by atoms with Crippen LogP contribution in [-0.4, -0.2) is 60.4 Å². The van der Waals surface area contributed by atoms with E-state index < -0.39 is 33.8 Å². The number of hydroxylamine groups is 2. The predicted molar refractivity (Wildman–Crippen MR) is 129 cm³/mol. The van der Waals surface area contributed by atoms with Crippen molar-refractivity contribution in [3.05, 3.63) is 90.0 Å². The lowest BCUT2D eigenvalue weighted by Crippen LogP contribution is -2.50. The molecule has 3 amide bonds. The molecule has 1 heterocycles. The fraction of sp³-hybridized carbons (Fsp3) is 0.160. The van der Waals surface area contributed by atoms with Gasteiger partial charge in [0.1, 0.15) is 17.5 Å². The summed E-state index contributed by atoms with van der Waals surface area (Å²) < 4.78 is 32.8. The topological polar surface area (TPSA) is 143 Å². The van der Waals surface area contributed by atoms with E-state index in [0.717, 1.165) is 12.0 Å². The first kappa shape index (κ1) is 26.0. The van der Waals surface area contributed by atoms with E-state index in [9.17, 15) is 28.0 Å². The van der Waals surface area contributed by atoms with Crippen LogP contribution in [0.15, 0.2) is 83.8 Å². The standard InChI is InChI=1S/C25H23N3O8S/c1-35-28(37(33,34)19-13-11-18(12-14-19)36-17-7-3-2-4-8-17)22(23(29)26-32)15-16-27-24(30)20-9-5-6-10-21(20)25(27)31/h2-14,22,32H,15-16H2,1H3,(H,26,29)/t22-/m1/s1. The number of fused-ring (bicyclic) bond motifs is 1. The summed E-state index contributed by atoms with van der Waals surface area (Å²) in [5, 5.41) is 9.26. The highest BCUT2D eigenvalue weighted by Gasteiger charge is 2.40. The zero-order valence-corrected chi connectivity index (χ0v) is 20.4. The number of amides is 3. The molecule has 0 saturated heterocycles. The van der Waals surface area contributed by atoms with Gasteiger partial charge in [0.25, 0.3) is 27.7 Å². The molecule has 0 radical (unpaired) electrons. The Hall–Kier alpha value is -4.10. The molecule has 0 fully saturated rings. The second-order valence-electron chi connectivity index (χ2n) is 7.92. The van der Waals surface area contributed by atoms with Gasteiger partial charge in [-0.15, -0.1) is 0 Å². The fourth-order valence-corrected chi connectivity index (χ4v) is 5.32. The van der Waals surface area contributed by atoms with E-state index in [1.165, 1.54) is 41.9 Å². The molecule has 11 nitrogen and oxygen atoms in total. The molecule has 2 N–H and O–H groups in total. The number of carbonyl (C=O) groups excluding carboxylic acids is 3. The molecule has 192 valence electrons. The van der Waals surface area contributed by atoms with Gasteiger partial charge < -0.3 is 4.74 Å². The van der Waals surface area contributed by atoms with Crippen molar-refractivity contribution >= 4 is 27.7 Å². The third-order valence-electron chi connectivity index (χ3n) is 5.69. The quantitative estimate of drug-likeness (QED) is 0.234. The van der Waals surface area contributed by atoms with Gasteiger partial charge in [0.05, 0.1) is 23.1 Å². The Morgan fingerprint density at radius 3 is 2.00 bits per heavy atom. The van der Waals surface area contributed by atoms with Gasteiger partial charge in [0.15, 0.2) is 0 Å². The second-order valence-corrected chi connectivity index (χ2v) is 9.70. The number of para-hydroxylation sites is 1. The van der Waals surface area contributed by atoms with Crippen LogP contribution in [0.4, 0.5) is 0 Å². The van der Waals surface area contributed by atoms with Crippen LogP contribution in [0, 0.1) is 0 Å². The van der Waals surface area contributed by atoms with Gasteiger partial charge >= 0.3 is 0 Å². The Balaban J connectivity index is 1.53. The first-order valence-corrected chi connectivity index (χ1v) is 12.5. The molecule has 0 aromatic heterocycles. The molecule has 0 spiro atoms. The largest absolute Gasteiger partial charge is 0.457 e. The Morgan fingerprint density at radius 2 is 1.46 bits per heavy atom. The molecule has 0 aliphatic carbocycles. The number of carbonyl (C=O) groups is 3. The van der Waals surface area contributed by atoms with Gasteiger partial charge in [0.2, 0.25) is 0 Å². The van der Waals surface area contributed by atoms with E-state index in [4.69, 9.17) is 9.57 Å². The summed E-state index contributed by atoms with van der Waals surface area (Å²) in [4.78, 5) is 43.6. The third-order valence-corrected chi connectivity index (χ3v) is 7.43. The number of hydrogen-bond donors (Lipinski definition) is 2. The number of nitrogens with one attached hydrogen (secondary N) is 1. The van der Waals surface area contributed by atoms with Crippen molar-refractivity contribution in [1.29, 1.82) is 0 Å². The molecule has 12 heteroatoms. The van der Waals surface area contributed by atoms with Crippen LogP contribution >= 0.6 is 0 Å². The van der Waals surface area contributed by atoms with Crippen molar-refractivity contribution in [3.8, 4) is 11.5 Å². The van der Waals surface area contributed by atoms with Crippen molar-refractivity contribution < 1.29 is 37.6 Å². The molecule has 1 aliphatic rings. The fourth-order valence-electron chi connectivity index (χ4n) is 3.90. The normalized spacial score (nSPS) is 14.0. The van der Waals surface area contributed by atoms with Gasteiger partial charge in [0, 0.05) is 6.54 Å². The highest BCUT2D eigenvalue weighted by atomic mass is 32.2. The van der Waals surface area contributed by atoms with Gasteiger partial charge in [-0.3, -0.25) is 29.3 Å². The van der Waals surface area contributed by atoms with Crippen molar-refractivity contribution in [2.45, 2.75) is 17.4 Å². The highest BCUT2D eigenvalue weighted by molar-refractivity contribution is 7.89. The summed E-state index contributed by atoms with van der Waals surface area (Å²) in [5.41, 5.74) is 1.85. The van der Waals surface area contributed by atoms with E-state index in [1.54, 1.807) is 36.4 Å². The summed E-state index contributed by atoms with van der Waals surface area (Å²) in [5.74, 6) is -1.30. The van der Waals surface area contributed by atoms with Crippen LogP contribution < -0.4 is 10.2 Å². The number of rotatable bonds is 10. The molecular weight excluding hydrogens is 502 g/mol. The van der Waals surface area contributed by atoms with E-state index >= 15 is 0 Å². The number of hydrogen-bond acceptors (Lipinski definition) is 8. The average molecular weight is 526 g/mol. The predicted octanol–water partition coefficient (Wildman–Crippen LogP) is 2.59. The molecule has 0 saturated carbocycles. The lowest BCUT2D eigenvalue weighted by molar-refractivity contribution is -0.148.